The zero-order chi connectivity index (χ0) is 12.7. The minimum atomic E-state index is -0.144. The third-order valence-electron chi connectivity index (χ3n) is 3.14. The molecule has 0 saturated heterocycles. The molecule has 92 valence electrons. The molecule has 18 heavy (non-hydrogen) atoms. The number of allylic oxidation sites excluding steroid dienone is 1. The van der Waals surface area contributed by atoms with Crippen molar-refractivity contribution in [2.24, 2.45) is 0 Å². The lowest BCUT2D eigenvalue weighted by atomic mass is 10.0. The van der Waals surface area contributed by atoms with E-state index in [1.54, 1.807) is 6.08 Å². The Hall–Kier alpha value is -1.87. The van der Waals surface area contributed by atoms with Crippen LogP contribution in [0.1, 0.15) is 11.1 Å². The molecule has 0 fully saturated rings. The minimum Gasteiger partial charge on any atom is -0.494 e. The van der Waals surface area contributed by atoms with Crippen LogP contribution in [0.25, 0.3) is 11.8 Å². The van der Waals surface area contributed by atoms with E-state index >= 15 is 0 Å². The first-order valence-corrected chi connectivity index (χ1v) is 6.15. The lowest BCUT2D eigenvalue weighted by molar-refractivity contribution is 0.400. The van der Waals surface area contributed by atoms with Gasteiger partial charge in [-0.3, -0.25) is 4.57 Å². The van der Waals surface area contributed by atoms with Crippen molar-refractivity contribution in [2.45, 2.75) is 11.8 Å². The van der Waals surface area contributed by atoms with Gasteiger partial charge in [-0.25, -0.2) is 0 Å². The smallest absolute Gasteiger partial charge is 0.206 e. The molecule has 1 aromatic carbocycles. The summed E-state index contributed by atoms with van der Waals surface area (Å²) in [7, 11) is 0. The van der Waals surface area contributed by atoms with E-state index < -0.39 is 0 Å². The number of hydrogen-bond donors (Lipinski definition) is 2. The second kappa shape index (κ2) is 4.10. The van der Waals surface area contributed by atoms with Crippen LogP contribution < -0.4 is 0 Å². The SMILES string of the molecule is Oc1c2c(c(O)n1-c1ccccc1)CC(Cl)C=C2. The molecule has 4 heteroatoms. The molecule has 3 rings (SSSR count). The number of halogens is 1. The zero-order valence-corrected chi connectivity index (χ0v) is 10.3. The van der Waals surface area contributed by atoms with Crippen LogP contribution in [0.3, 0.4) is 0 Å². The summed E-state index contributed by atoms with van der Waals surface area (Å²) in [6.07, 6.45) is 4.09. The van der Waals surface area contributed by atoms with Crippen LogP contribution in [-0.4, -0.2) is 20.2 Å². The van der Waals surface area contributed by atoms with E-state index in [0.717, 1.165) is 5.69 Å². The van der Waals surface area contributed by atoms with Crippen molar-refractivity contribution in [3.8, 4) is 17.4 Å². The van der Waals surface area contributed by atoms with Gasteiger partial charge in [0.15, 0.2) is 0 Å². The van der Waals surface area contributed by atoms with E-state index in [0.29, 0.717) is 17.5 Å². The molecule has 1 aromatic heterocycles. The van der Waals surface area contributed by atoms with Gasteiger partial charge in [0.2, 0.25) is 11.8 Å². The van der Waals surface area contributed by atoms with Gasteiger partial charge >= 0.3 is 0 Å². The van der Waals surface area contributed by atoms with E-state index in [2.05, 4.69) is 0 Å². The van der Waals surface area contributed by atoms with Crippen molar-refractivity contribution in [1.82, 2.24) is 4.57 Å². The van der Waals surface area contributed by atoms with E-state index in [1.165, 1.54) is 4.57 Å². The van der Waals surface area contributed by atoms with Gasteiger partial charge in [0.05, 0.1) is 11.1 Å². The summed E-state index contributed by atoms with van der Waals surface area (Å²) in [5, 5.41) is 20.3. The number of fused-ring (bicyclic) bond motifs is 1. The number of aromatic hydroxyl groups is 2. The Bertz CT molecular complexity index is 616. The zero-order valence-electron chi connectivity index (χ0n) is 9.55. The van der Waals surface area contributed by atoms with Gasteiger partial charge in [0.1, 0.15) is 0 Å². The Kier molecular flexibility index (Phi) is 2.56. The molecule has 3 nitrogen and oxygen atoms in total. The molecule has 0 bridgehead atoms. The van der Waals surface area contributed by atoms with Crippen molar-refractivity contribution in [2.75, 3.05) is 0 Å². The van der Waals surface area contributed by atoms with Gasteiger partial charge in [-0.05, 0) is 18.6 Å². The molecule has 0 radical (unpaired) electrons. The van der Waals surface area contributed by atoms with Crippen LogP contribution in [0, 0.1) is 0 Å². The predicted molar refractivity (Wildman–Crippen MR) is 71.5 cm³/mol. The van der Waals surface area contributed by atoms with Gasteiger partial charge in [0.25, 0.3) is 0 Å². The maximum atomic E-state index is 10.2. The van der Waals surface area contributed by atoms with Crippen molar-refractivity contribution in [3.05, 3.63) is 47.5 Å². The van der Waals surface area contributed by atoms with Crippen LogP contribution in [0.2, 0.25) is 0 Å². The lowest BCUT2D eigenvalue weighted by Gasteiger charge is -2.09. The Morgan fingerprint density at radius 1 is 1.11 bits per heavy atom. The number of hydrogen-bond acceptors (Lipinski definition) is 2. The summed E-state index contributed by atoms with van der Waals surface area (Å²) in [4.78, 5) is 0. The quantitative estimate of drug-likeness (QED) is 0.775. The first kappa shape index (κ1) is 11.2. The normalized spacial score (nSPS) is 17.7. The molecule has 0 aliphatic heterocycles. The van der Waals surface area contributed by atoms with Crippen molar-refractivity contribution in [1.29, 1.82) is 0 Å². The van der Waals surface area contributed by atoms with Crippen molar-refractivity contribution >= 4 is 17.7 Å². The molecule has 1 heterocycles. The third kappa shape index (κ3) is 1.59. The Labute approximate surface area is 110 Å². The van der Waals surface area contributed by atoms with Crippen LogP contribution >= 0.6 is 11.6 Å². The van der Waals surface area contributed by atoms with Crippen LogP contribution in [0.15, 0.2) is 36.4 Å². The number of rotatable bonds is 1. The fourth-order valence-electron chi connectivity index (χ4n) is 2.27. The lowest BCUT2D eigenvalue weighted by Crippen LogP contribution is -2.03. The van der Waals surface area contributed by atoms with Gasteiger partial charge in [-0.15, -0.1) is 11.6 Å². The maximum Gasteiger partial charge on any atom is 0.206 e. The van der Waals surface area contributed by atoms with Crippen LogP contribution in [0.4, 0.5) is 0 Å². The fourth-order valence-corrected chi connectivity index (χ4v) is 2.50. The summed E-state index contributed by atoms with van der Waals surface area (Å²) in [5.41, 5.74) is 2.06. The maximum absolute atomic E-state index is 10.2. The van der Waals surface area contributed by atoms with E-state index in [4.69, 9.17) is 11.6 Å². The van der Waals surface area contributed by atoms with Gasteiger partial charge < -0.3 is 10.2 Å². The summed E-state index contributed by atoms with van der Waals surface area (Å²) in [6, 6.07) is 9.25. The Balaban J connectivity index is 2.22. The van der Waals surface area contributed by atoms with Crippen LogP contribution in [-0.2, 0) is 6.42 Å². The highest BCUT2D eigenvalue weighted by Gasteiger charge is 2.25. The molecule has 2 aromatic rings. The van der Waals surface area contributed by atoms with E-state index in [9.17, 15) is 10.2 Å². The Morgan fingerprint density at radius 2 is 1.83 bits per heavy atom. The van der Waals surface area contributed by atoms with Gasteiger partial charge in [0, 0.05) is 11.1 Å². The molecule has 1 atom stereocenters. The molecule has 0 spiro atoms. The highest BCUT2D eigenvalue weighted by Crippen LogP contribution is 2.40. The standard InChI is InChI=1S/C14H12ClNO2/c15-9-6-7-11-12(8-9)14(18)16(13(11)17)10-4-2-1-3-5-10/h1-7,9,17-18H,8H2. The number of alkyl halides is 1. The average Bonchev–Trinajstić information content (AvgIpc) is 2.63. The first-order valence-electron chi connectivity index (χ1n) is 5.71. The summed E-state index contributed by atoms with van der Waals surface area (Å²) < 4.78 is 1.43. The largest absolute Gasteiger partial charge is 0.494 e. The summed E-state index contributed by atoms with van der Waals surface area (Å²) in [5.74, 6) is 0.109. The monoisotopic (exact) mass is 261 g/mol. The van der Waals surface area contributed by atoms with Crippen molar-refractivity contribution in [3.63, 3.8) is 0 Å². The molecular formula is C14H12ClNO2. The highest BCUT2D eigenvalue weighted by molar-refractivity contribution is 6.22. The summed E-state index contributed by atoms with van der Waals surface area (Å²) >= 11 is 6.04. The third-order valence-corrected chi connectivity index (χ3v) is 3.44. The van der Waals surface area contributed by atoms with E-state index in [-0.39, 0.29) is 17.1 Å². The predicted octanol–water partition coefficient (Wildman–Crippen LogP) is 3.07. The van der Waals surface area contributed by atoms with Gasteiger partial charge in [-0.1, -0.05) is 30.4 Å². The number of nitrogens with zero attached hydrogens (tertiary/aromatic N) is 1. The van der Waals surface area contributed by atoms with Crippen LogP contribution in [0.5, 0.6) is 11.8 Å². The second-order valence-electron chi connectivity index (χ2n) is 4.29. The molecule has 1 aliphatic rings. The van der Waals surface area contributed by atoms with E-state index in [1.807, 2.05) is 36.4 Å². The summed E-state index contributed by atoms with van der Waals surface area (Å²) in [6.45, 7) is 0. The average molecular weight is 262 g/mol. The molecule has 2 N–H and O–H groups in total. The topological polar surface area (TPSA) is 45.4 Å². The highest BCUT2D eigenvalue weighted by atomic mass is 35.5. The van der Waals surface area contributed by atoms with Crippen molar-refractivity contribution < 1.29 is 10.2 Å². The molecule has 1 unspecified atom stereocenters. The van der Waals surface area contributed by atoms with Gasteiger partial charge in [-0.2, -0.15) is 0 Å². The molecule has 1 aliphatic carbocycles. The molecule has 0 saturated carbocycles. The number of aromatic nitrogens is 1. The number of para-hydroxylation sites is 1. The first-order chi connectivity index (χ1) is 8.68. The molecule has 0 amide bonds. The second-order valence-corrected chi connectivity index (χ2v) is 4.85. The Morgan fingerprint density at radius 3 is 2.56 bits per heavy atom. The molecular weight excluding hydrogens is 250 g/mol. The number of benzene rings is 1. The fraction of sp³-hybridized carbons (Fsp3) is 0.143. The minimum absolute atomic E-state index is 0.0496.